The number of nitrogens with one attached hydrogen (secondary N) is 1. The highest BCUT2D eigenvalue weighted by Crippen LogP contribution is 2.21. The van der Waals surface area contributed by atoms with Gasteiger partial charge in [0.05, 0.1) is 11.5 Å². The Bertz CT molecular complexity index is 641. The molecule has 0 radical (unpaired) electrons. The van der Waals surface area contributed by atoms with E-state index in [1.807, 2.05) is 25.7 Å². The second-order valence-corrected chi connectivity index (χ2v) is 8.21. The van der Waals surface area contributed by atoms with E-state index in [4.69, 9.17) is 12.2 Å². The van der Waals surface area contributed by atoms with Crippen molar-refractivity contribution in [3.63, 3.8) is 0 Å². The van der Waals surface area contributed by atoms with E-state index in [9.17, 15) is 8.42 Å². The third kappa shape index (κ3) is 3.95. The molecule has 0 aliphatic carbocycles. The first-order valence-electron chi connectivity index (χ1n) is 7.17. The summed E-state index contributed by atoms with van der Waals surface area (Å²) in [6.45, 7) is 6.77. The predicted molar refractivity (Wildman–Crippen MR) is 91.6 cm³/mol. The van der Waals surface area contributed by atoms with Crippen LogP contribution in [0.15, 0.2) is 18.2 Å². The SMILES string of the molecule is CCN(C(=S)Nc1cc(C)ccc1C)[C@H]1CCS(=O)(=O)C1. The number of nitrogens with zero attached hydrogens (tertiary/aromatic N) is 1. The molecule has 1 heterocycles. The van der Waals surface area contributed by atoms with Crippen LogP contribution in [0.4, 0.5) is 5.69 Å². The summed E-state index contributed by atoms with van der Waals surface area (Å²) in [6, 6.07) is 6.16. The van der Waals surface area contributed by atoms with Crippen molar-refractivity contribution in [2.24, 2.45) is 0 Å². The fraction of sp³-hybridized carbons (Fsp3) is 0.533. The summed E-state index contributed by atoms with van der Waals surface area (Å²) in [5, 5.41) is 3.87. The molecule has 0 unspecified atom stereocenters. The van der Waals surface area contributed by atoms with Gasteiger partial charge in [-0.3, -0.25) is 0 Å². The van der Waals surface area contributed by atoms with Gasteiger partial charge in [0.1, 0.15) is 0 Å². The molecule has 1 aliphatic rings. The van der Waals surface area contributed by atoms with Crippen LogP contribution < -0.4 is 5.32 Å². The summed E-state index contributed by atoms with van der Waals surface area (Å²) in [5.74, 6) is 0.468. The van der Waals surface area contributed by atoms with Crippen molar-refractivity contribution in [2.45, 2.75) is 33.2 Å². The van der Waals surface area contributed by atoms with Crippen molar-refractivity contribution in [1.29, 1.82) is 0 Å². The molecule has 1 N–H and O–H groups in total. The number of aryl methyl sites for hydroxylation is 2. The smallest absolute Gasteiger partial charge is 0.173 e. The molecule has 21 heavy (non-hydrogen) atoms. The Labute approximate surface area is 132 Å². The van der Waals surface area contributed by atoms with Gasteiger partial charge in [-0.15, -0.1) is 0 Å². The van der Waals surface area contributed by atoms with Gasteiger partial charge in [-0.05, 0) is 56.6 Å². The van der Waals surface area contributed by atoms with E-state index in [2.05, 4.69) is 23.5 Å². The number of hydrogen-bond donors (Lipinski definition) is 1. The van der Waals surface area contributed by atoms with Gasteiger partial charge < -0.3 is 10.2 Å². The molecule has 0 saturated carbocycles. The van der Waals surface area contributed by atoms with Gasteiger partial charge in [0, 0.05) is 18.3 Å². The topological polar surface area (TPSA) is 49.4 Å². The molecule has 1 fully saturated rings. The molecule has 1 atom stereocenters. The van der Waals surface area contributed by atoms with E-state index in [1.165, 1.54) is 0 Å². The van der Waals surface area contributed by atoms with E-state index < -0.39 is 9.84 Å². The summed E-state index contributed by atoms with van der Waals surface area (Å²) in [5.41, 5.74) is 3.27. The first-order valence-corrected chi connectivity index (χ1v) is 9.40. The van der Waals surface area contributed by atoms with Crippen LogP contribution in [0.25, 0.3) is 0 Å². The van der Waals surface area contributed by atoms with Crippen molar-refractivity contribution in [3.8, 4) is 0 Å². The quantitative estimate of drug-likeness (QED) is 0.865. The zero-order valence-corrected chi connectivity index (χ0v) is 14.4. The highest BCUT2D eigenvalue weighted by Gasteiger charge is 2.32. The molecular weight excluding hydrogens is 304 g/mol. The third-order valence-electron chi connectivity index (χ3n) is 3.89. The monoisotopic (exact) mass is 326 g/mol. The zero-order valence-electron chi connectivity index (χ0n) is 12.7. The minimum Gasteiger partial charge on any atom is -0.345 e. The van der Waals surface area contributed by atoms with Crippen molar-refractivity contribution in [1.82, 2.24) is 4.90 Å². The molecule has 0 spiro atoms. The van der Waals surface area contributed by atoms with Gasteiger partial charge in [-0.2, -0.15) is 0 Å². The molecule has 1 saturated heterocycles. The Morgan fingerprint density at radius 2 is 2.14 bits per heavy atom. The van der Waals surface area contributed by atoms with Crippen molar-refractivity contribution in [2.75, 3.05) is 23.4 Å². The molecule has 0 amide bonds. The van der Waals surface area contributed by atoms with E-state index >= 15 is 0 Å². The second-order valence-electron chi connectivity index (χ2n) is 5.59. The van der Waals surface area contributed by atoms with Gasteiger partial charge in [-0.1, -0.05) is 12.1 Å². The van der Waals surface area contributed by atoms with Crippen LogP contribution in [0, 0.1) is 13.8 Å². The molecule has 0 aromatic heterocycles. The summed E-state index contributed by atoms with van der Waals surface area (Å²) in [4.78, 5) is 1.99. The molecule has 1 aromatic rings. The van der Waals surface area contributed by atoms with E-state index in [-0.39, 0.29) is 17.5 Å². The summed E-state index contributed by atoms with van der Waals surface area (Å²) in [6.07, 6.45) is 0.658. The number of thiocarbonyl (C=S) groups is 1. The lowest BCUT2D eigenvalue weighted by molar-refractivity contribution is 0.355. The van der Waals surface area contributed by atoms with Crippen molar-refractivity contribution < 1.29 is 8.42 Å². The maximum atomic E-state index is 11.7. The minimum atomic E-state index is -2.90. The number of hydrogen-bond acceptors (Lipinski definition) is 3. The lowest BCUT2D eigenvalue weighted by Gasteiger charge is -2.30. The lowest BCUT2D eigenvalue weighted by Crippen LogP contribution is -2.43. The maximum Gasteiger partial charge on any atom is 0.173 e. The highest BCUT2D eigenvalue weighted by molar-refractivity contribution is 7.91. The fourth-order valence-corrected chi connectivity index (χ4v) is 4.77. The van der Waals surface area contributed by atoms with Crippen LogP contribution in [-0.4, -0.2) is 42.5 Å². The molecule has 1 aliphatic heterocycles. The minimum absolute atomic E-state index is 0.00915. The average Bonchev–Trinajstić information content (AvgIpc) is 2.75. The first-order chi connectivity index (χ1) is 9.82. The van der Waals surface area contributed by atoms with E-state index in [0.29, 0.717) is 18.1 Å². The second kappa shape index (κ2) is 6.32. The molecule has 2 rings (SSSR count). The highest BCUT2D eigenvalue weighted by atomic mass is 32.2. The predicted octanol–water partition coefficient (Wildman–Crippen LogP) is 2.51. The van der Waals surface area contributed by atoms with Crippen LogP contribution >= 0.6 is 12.2 Å². The van der Waals surface area contributed by atoms with Crippen molar-refractivity contribution >= 4 is 32.9 Å². The van der Waals surface area contributed by atoms with Gasteiger partial charge in [0.15, 0.2) is 14.9 Å². The van der Waals surface area contributed by atoms with Gasteiger partial charge >= 0.3 is 0 Å². The number of benzene rings is 1. The van der Waals surface area contributed by atoms with E-state index in [1.54, 1.807) is 0 Å². The van der Waals surface area contributed by atoms with Gasteiger partial charge in [-0.25, -0.2) is 8.42 Å². The van der Waals surface area contributed by atoms with E-state index in [0.717, 1.165) is 16.8 Å². The normalized spacial score (nSPS) is 20.2. The average molecular weight is 326 g/mol. The van der Waals surface area contributed by atoms with Gasteiger partial charge in [0.25, 0.3) is 0 Å². The van der Waals surface area contributed by atoms with Gasteiger partial charge in [0.2, 0.25) is 0 Å². The molecular formula is C15H22N2O2S2. The third-order valence-corrected chi connectivity index (χ3v) is 5.97. The Morgan fingerprint density at radius 1 is 1.43 bits per heavy atom. The standard InChI is InChI=1S/C15H22N2O2S2/c1-4-17(13-7-8-21(18,19)10-13)15(20)16-14-9-11(2)5-6-12(14)3/h5-6,9,13H,4,7-8,10H2,1-3H3,(H,16,20)/t13-/m0/s1. The van der Waals surface area contributed by atoms with Crippen LogP contribution in [0.3, 0.4) is 0 Å². The summed E-state index contributed by atoms with van der Waals surface area (Å²) in [7, 11) is -2.90. The Morgan fingerprint density at radius 3 is 2.71 bits per heavy atom. The number of sulfone groups is 1. The Kier molecular flexibility index (Phi) is 4.88. The molecule has 6 heteroatoms. The molecule has 4 nitrogen and oxygen atoms in total. The number of rotatable bonds is 3. The molecule has 116 valence electrons. The Hall–Kier alpha value is -1.14. The fourth-order valence-electron chi connectivity index (χ4n) is 2.65. The molecule has 1 aromatic carbocycles. The van der Waals surface area contributed by atoms with Crippen molar-refractivity contribution in [3.05, 3.63) is 29.3 Å². The van der Waals surface area contributed by atoms with Crippen LogP contribution in [0.2, 0.25) is 0 Å². The largest absolute Gasteiger partial charge is 0.345 e. The van der Waals surface area contributed by atoms with Crippen LogP contribution in [0.1, 0.15) is 24.5 Å². The Balaban J connectivity index is 2.12. The first kappa shape index (κ1) is 16.2. The van der Waals surface area contributed by atoms with Crippen LogP contribution in [0.5, 0.6) is 0 Å². The maximum absolute atomic E-state index is 11.7. The lowest BCUT2D eigenvalue weighted by atomic mass is 10.1. The summed E-state index contributed by atoms with van der Waals surface area (Å²) >= 11 is 5.49. The summed E-state index contributed by atoms with van der Waals surface area (Å²) < 4.78 is 23.3. The van der Waals surface area contributed by atoms with Crippen LogP contribution in [-0.2, 0) is 9.84 Å². The number of anilines is 1. The zero-order chi connectivity index (χ0) is 15.6. The molecule has 0 bridgehead atoms.